The molecular formula is C12H11B2NO4. The molecule has 0 radical (unpaired) electrons. The molecule has 7 heteroatoms. The van der Waals surface area contributed by atoms with Gasteiger partial charge in [-0.05, 0) is 0 Å². The van der Waals surface area contributed by atoms with E-state index in [1.165, 1.54) is 0 Å². The van der Waals surface area contributed by atoms with Gasteiger partial charge in [0, 0.05) is 32.7 Å². The smallest absolute Gasteiger partial charge is 0.423 e. The zero-order chi connectivity index (χ0) is 13.6. The molecule has 2 aromatic carbocycles. The minimum atomic E-state index is -1.58. The van der Waals surface area contributed by atoms with Crippen LogP contribution in [0.15, 0.2) is 36.4 Å². The lowest BCUT2D eigenvalue weighted by atomic mass is 9.78. The number of para-hydroxylation sites is 2. The molecule has 1 heterocycles. The lowest BCUT2D eigenvalue weighted by Gasteiger charge is -2.00. The largest absolute Gasteiger partial charge is 0.490 e. The minimum Gasteiger partial charge on any atom is -0.423 e. The van der Waals surface area contributed by atoms with Crippen molar-refractivity contribution in [1.82, 2.24) is 4.98 Å². The van der Waals surface area contributed by atoms with Crippen molar-refractivity contribution < 1.29 is 20.1 Å². The number of nitrogens with one attached hydrogen (secondary N) is 1. The van der Waals surface area contributed by atoms with Gasteiger partial charge in [-0.3, -0.25) is 0 Å². The summed E-state index contributed by atoms with van der Waals surface area (Å²) in [6, 6.07) is 10.4. The van der Waals surface area contributed by atoms with Crippen molar-refractivity contribution in [2.45, 2.75) is 0 Å². The number of rotatable bonds is 2. The molecule has 0 saturated heterocycles. The summed E-state index contributed by atoms with van der Waals surface area (Å²) in [7, 11) is -3.17. The summed E-state index contributed by atoms with van der Waals surface area (Å²) >= 11 is 0. The van der Waals surface area contributed by atoms with E-state index in [0.717, 1.165) is 10.8 Å². The summed E-state index contributed by atoms with van der Waals surface area (Å²) in [5, 5.41) is 39.1. The summed E-state index contributed by atoms with van der Waals surface area (Å²) in [5.41, 5.74) is 1.88. The van der Waals surface area contributed by atoms with E-state index in [0.29, 0.717) is 22.0 Å². The third-order valence-electron chi connectivity index (χ3n) is 3.29. The number of benzene rings is 2. The van der Waals surface area contributed by atoms with Gasteiger partial charge in [-0.25, -0.2) is 0 Å². The molecule has 0 atom stereocenters. The number of aromatic amines is 1. The van der Waals surface area contributed by atoms with Crippen LogP contribution in [0.5, 0.6) is 0 Å². The Labute approximate surface area is 109 Å². The van der Waals surface area contributed by atoms with Crippen molar-refractivity contribution in [3.05, 3.63) is 36.4 Å². The van der Waals surface area contributed by atoms with Crippen LogP contribution in [0.3, 0.4) is 0 Å². The standard InChI is InChI=1S/C12H11B2NO4/c16-13(17)9-5-1-3-7-8-4-2-6-10(14(18)19)12(8)15-11(7)9/h1-6,15-19H. The maximum absolute atomic E-state index is 9.36. The molecule has 0 saturated carbocycles. The topological polar surface area (TPSA) is 96.7 Å². The molecule has 1 aromatic heterocycles. The van der Waals surface area contributed by atoms with Gasteiger partial charge in [0.1, 0.15) is 0 Å². The van der Waals surface area contributed by atoms with Crippen LogP contribution < -0.4 is 10.9 Å². The lowest BCUT2D eigenvalue weighted by Crippen LogP contribution is -2.31. The first-order valence-corrected chi connectivity index (χ1v) is 5.85. The van der Waals surface area contributed by atoms with Gasteiger partial charge in [0.15, 0.2) is 0 Å². The molecule has 0 amide bonds. The quantitative estimate of drug-likeness (QED) is 0.367. The molecule has 94 valence electrons. The maximum Gasteiger partial charge on any atom is 0.490 e. The Hall–Kier alpha value is -1.79. The fraction of sp³-hybridized carbons (Fsp3) is 0. The second kappa shape index (κ2) is 4.40. The van der Waals surface area contributed by atoms with Crippen molar-refractivity contribution in [3.63, 3.8) is 0 Å². The number of aromatic nitrogens is 1. The molecule has 19 heavy (non-hydrogen) atoms. The Morgan fingerprint density at radius 1 is 0.684 bits per heavy atom. The Kier molecular flexibility index (Phi) is 2.83. The third kappa shape index (κ3) is 1.84. The second-order valence-corrected chi connectivity index (χ2v) is 4.41. The third-order valence-corrected chi connectivity index (χ3v) is 3.29. The highest BCUT2D eigenvalue weighted by Crippen LogP contribution is 2.23. The van der Waals surface area contributed by atoms with Gasteiger partial charge in [-0.15, -0.1) is 0 Å². The first-order valence-electron chi connectivity index (χ1n) is 5.85. The zero-order valence-electron chi connectivity index (χ0n) is 9.91. The predicted octanol–water partition coefficient (Wildman–Crippen LogP) is -1.32. The van der Waals surface area contributed by atoms with E-state index in [4.69, 9.17) is 0 Å². The Morgan fingerprint density at radius 3 is 1.47 bits per heavy atom. The first-order chi connectivity index (χ1) is 9.09. The summed E-state index contributed by atoms with van der Waals surface area (Å²) < 4.78 is 0. The lowest BCUT2D eigenvalue weighted by molar-refractivity contribution is 0.425. The van der Waals surface area contributed by atoms with Gasteiger partial charge < -0.3 is 25.1 Å². The van der Waals surface area contributed by atoms with E-state index in [9.17, 15) is 20.1 Å². The molecule has 0 fully saturated rings. The summed E-state index contributed by atoms with van der Waals surface area (Å²) in [6.45, 7) is 0. The summed E-state index contributed by atoms with van der Waals surface area (Å²) in [6.07, 6.45) is 0. The van der Waals surface area contributed by atoms with Gasteiger partial charge in [-0.2, -0.15) is 0 Å². The normalized spacial score (nSPS) is 11.2. The van der Waals surface area contributed by atoms with Crippen molar-refractivity contribution in [3.8, 4) is 0 Å². The maximum atomic E-state index is 9.36. The molecular weight excluding hydrogens is 244 g/mol. The molecule has 5 nitrogen and oxygen atoms in total. The van der Waals surface area contributed by atoms with Crippen LogP contribution in [0, 0.1) is 0 Å². The zero-order valence-corrected chi connectivity index (χ0v) is 9.91. The number of H-pyrrole nitrogens is 1. The molecule has 0 spiro atoms. The highest BCUT2D eigenvalue weighted by atomic mass is 16.4. The van der Waals surface area contributed by atoms with E-state index in [-0.39, 0.29) is 0 Å². The number of fused-ring (bicyclic) bond motifs is 3. The average Bonchev–Trinajstić information content (AvgIpc) is 2.76. The molecule has 0 bridgehead atoms. The van der Waals surface area contributed by atoms with Gasteiger partial charge >= 0.3 is 14.2 Å². The summed E-state index contributed by atoms with van der Waals surface area (Å²) in [4.78, 5) is 3.04. The fourth-order valence-electron chi connectivity index (χ4n) is 2.42. The van der Waals surface area contributed by atoms with E-state index in [1.54, 1.807) is 24.3 Å². The molecule has 0 unspecified atom stereocenters. The van der Waals surface area contributed by atoms with Crippen LogP contribution in [0.1, 0.15) is 0 Å². The first kappa shape index (κ1) is 12.3. The molecule has 3 aromatic rings. The number of hydrogen-bond donors (Lipinski definition) is 5. The van der Waals surface area contributed by atoms with Crippen LogP contribution in [-0.4, -0.2) is 39.3 Å². The minimum absolute atomic E-state index is 0.354. The highest BCUT2D eigenvalue weighted by Gasteiger charge is 2.20. The van der Waals surface area contributed by atoms with Crippen LogP contribution >= 0.6 is 0 Å². The molecule has 5 N–H and O–H groups in total. The Bertz CT molecular complexity index is 692. The fourth-order valence-corrected chi connectivity index (χ4v) is 2.42. The van der Waals surface area contributed by atoms with E-state index < -0.39 is 14.2 Å². The van der Waals surface area contributed by atoms with Crippen LogP contribution in [0.4, 0.5) is 0 Å². The molecule has 0 aliphatic rings. The highest BCUT2D eigenvalue weighted by molar-refractivity contribution is 6.63. The van der Waals surface area contributed by atoms with Crippen molar-refractivity contribution >= 4 is 47.0 Å². The molecule has 0 aliphatic carbocycles. The van der Waals surface area contributed by atoms with Crippen LogP contribution in [0.25, 0.3) is 21.8 Å². The van der Waals surface area contributed by atoms with Crippen molar-refractivity contribution in [2.24, 2.45) is 0 Å². The summed E-state index contributed by atoms with van der Waals surface area (Å²) in [5.74, 6) is 0. The number of hydrogen-bond acceptors (Lipinski definition) is 4. The van der Waals surface area contributed by atoms with Gasteiger partial charge in [0.25, 0.3) is 0 Å². The van der Waals surface area contributed by atoms with Gasteiger partial charge in [0.2, 0.25) is 0 Å². The molecule has 3 rings (SSSR count). The van der Waals surface area contributed by atoms with Crippen LogP contribution in [-0.2, 0) is 0 Å². The monoisotopic (exact) mass is 255 g/mol. The van der Waals surface area contributed by atoms with Crippen molar-refractivity contribution in [2.75, 3.05) is 0 Å². The Morgan fingerprint density at radius 2 is 1.11 bits per heavy atom. The van der Waals surface area contributed by atoms with Gasteiger partial charge in [-0.1, -0.05) is 36.4 Å². The SMILES string of the molecule is OB(O)c1cccc2c1[nH]c1c(B(O)O)cccc12. The average molecular weight is 255 g/mol. The predicted molar refractivity (Wildman–Crippen MR) is 75.5 cm³/mol. The van der Waals surface area contributed by atoms with E-state index >= 15 is 0 Å². The van der Waals surface area contributed by atoms with E-state index in [1.807, 2.05) is 12.1 Å². The van der Waals surface area contributed by atoms with E-state index in [2.05, 4.69) is 4.98 Å². The Balaban J connectivity index is 2.44. The van der Waals surface area contributed by atoms with Crippen molar-refractivity contribution in [1.29, 1.82) is 0 Å². The molecule has 0 aliphatic heterocycles. The van der Waals surface area contributed by atoms with Crippen LogP contribution in [0.2, 0.25) is 0 Å². The van der Waals surface area contributed by atoms with Gasteiger partial charge in [0.05, 0.1) is 0 Å². The second-order valence-electron chi connectivity index (χ2n) is 4.41.